The van der Waals surface area contributed by atoms with Crippen molar-refractivity contribution >= 4 is 5.91 Å². The fraction of sp³-hybridized carbons (Fsp3) is 0.588. The Labute approximate surface area is 130 Å². The van der Waals surface area contributed by atoms with Gasteiger partial charge in [-0.3, -0.25) is 4.79 Å². The Balaban J connectivity index is 1.57. The van der Waals surface area contributed by atoms with Gasteiger partial charge in [0.15, 0.2) is 0 Å². The Bertz CT molecular complexity index is 539. The molecule has 0 bridgehead atoms. The number of phenolic OH excluding ortho intramolecular Hbond substituents is 1. The highest BCUT2D eigenvalue weighted by molar-refractivity contribution is 5.95. The molecule has 0 aliphatic carbocycles. The summed E-state index contributed by atoms with van der Waals surface area (Å²) in [7, 11) is 1.73. The van der Waals surface area contributed by atoms with Crippen molar-refractivity contribution in [3.63, 3.8) is 0 Å². The molecule has 2 aliphatic rings. The number of phenols is 1. The number of amides is 1. The minimum atomic E-state index is -0.164. The lowest BCUT2D eigenvalue weighted by atomic mass is 9.79. The molecule has 2 aliphatic heterocycles. The molecule has 1 N–H and O–H groups in total. The van der Waals surface area contributed by atoms with Crippen LogP contribution < -0.4 is 0 Å². The molecule has 1 amide bonds. The summed E-state index contributed by atoms with van der Waals surface area (Å²) in [6, 6.07) is 6.50. The van der Waals surface area contributed by atoms with Crippen LogP contribution in [0.2, 0.25) is 0 Å². The van der Waals surface area contributed by atoms with Crippen LogP contribution in [0.3, 0.4) is 0 Å². The topological polar surface area (TPSA) is 59.0 Å². The lowest BCUT2D eigenvalue weighted by molar-refractivity contribution is -0.167. The second-order valence-corrected chi connectivity index (χ2v) is 6.38. The first kappa shape index (κ1) is 15.3. The summed E-state index contributed by atoms with van der Waals surface area (Å²) in [4.78, 5) is 14.2. The number of methoxy groups -OCH3 is 1. The van der Waals surface area contributed by atoms with Crippen molar-refractivity contribution in [3.8, 4) is 5.75 Å². The monoisotopic (exact) mass is 305 g/mol. The number of hydrogen-bond donors (Lipinski definition) is 1. The van der Waals surface area contributed by atoms with E-state index in [1.165, 1.54) is 6.07 Å². The summed E-state index contributed by atoms with van der Waals surface area (Å²) in [5, 5.41) is 9.49. The number of hydrogen-bond acceptors (Lipinski definition) is 4. The maximum atomic E-state index is 12.4. The molecule has 0 unspecified atom stereocenters. The average Bonchev–Trinajstić information content (AvgIpc) is 2.50. The van der Waals surface area contributed by atoms with E-state index in [4.69, 9.17) is 9.47 Å². The van der Waals surface area contributed by atoms with Gasteiger partial charge in [-0.2, -0.15) is 0 Å². The standard InChI is InChI=1S/C17H23NO4/c1-21-7-5-13-6-8-22-17(10-13)11-18(12-17)16(20)14-3-2-4-15(19)9-14/h2-4,9,13,19H,5-8,10-12H2,1H3/t13-/m1/s1. The van der Waals surface area contributed by atoms with Gasteiger partial charge in [-0.05, 0) is 43.4 Å². The molecule has 5 heteroatoms. The van der Waals surface area contributed by atoms with Gasteiger partial charge in [0.1, 0.15) is 11.4 Å². The average molecular weight is 305 g/mol. The van der Waals surface area contributed by atoms with Crippen molar-refractivity contribution in [1.29, 1.82) is 0 Å². The van der Waals surface area contributed by atoms with Gasteiger partial charge in [0.2, 0.25) is 0 Å². The number of benzene rings is 1. The summed E-state index contributed by atoms with van der Waals surface area (Å²) in [5.41, 5.74) is 0.366. The fourth-order valence-corrected chi connectivity index (χ4v) is 3.49. The number of carbonyl (C=O) groups is 1. The van der Waals surface area contributed by atoms with Crippen LogP contribution in [-0.4, -0.2) is 54.9 Å². The third kappa shape index (κ3) is 3.10. The smallest absolute Gasteiger partial charge is 0.254 e. The highest BCUT2D eigenvalue weighted by atomic mass is 16.5. The molecule has 3 rings (SSSR count). The van der Waals surface area contributed by atoms with Crippen molar-refractivity contribution in [2.45, 2.75) is 24.9 Å². The van der Waals surface area contributed by atoms with Crippen molar-refractivity contribution < 1.29 is 19.4 Å². The molecule has 1 atom stereocenters. The number of ether oxygens (including phenoxy) is 2. The molecule has 1 aromatic carbocycles. The van der Waals surface area contributed by atoms with E-state index in [0.29, 0.717) is 24.6 Å². The van der Waals surface area contributed by atoms with Gasteiger partial charge in [-0.15, -0.1) is 0 Å². The minimum absolute atomic E-state index is 0.0378. The van der Waals surface area contributed by atoms with Gasteiger partial charge in [0, 0.05) is 25.9 Å². The third-order valence-electron chi connectivity index (χ3n) is 4.66. The van der Waals surface area contributed by atoms with Crippen LogP contribution in [0.1, 0.15) is 29.6 Å². The van der Waals surface area contributed by atoms with Crippen LogP contribution >= 0.6 is 0 Å². The van der Waals surface area contributed by atoms with Gasteiger partial charge in [0.05, 0.1) is 13.1 Å². The Hall–Kier alpha value is -1.59. The van der Waals surface area contributed by atoms with E-state index < -0.39 is 0 Å². The van der Waals surface area contributed by atoms with E-state index in [1.807, 2.05) is 0 Å². The van der Waals surface area contributed by atoms with Crippen LogP contribution in [0.4, 0.5) is 0 Å². The first-order valence-electron chi connectivity index (χ1n) is 7.83. The van der Waals surface area contributed by atoms with Crippen LogP contribution in [-0.2, 0) is 9.47 Å². The Morgan fingerprint density at radius 1 is 1.50 bits per heavy atom. The van der Waals surface area contributed by atoms with Crippen LogP contribution in [0.15, 0.2) is 24.3 Å². The first-order chi connectivity index (χ1) is 10.6. The predicted octanol–water partition coefficient (Wildman–Crippen LogP) is 2.05. The van der Waals surface area contributed by atoms with E-state index >= 15 is 0 Å². The maximum absolute atomic E-state index is 12.4. The van der Waals surface area contributed by atoms with Crippen LogP contribution in [0.5, 0.6) is 5.75 Å². The van der Waals surface area contributed by atoms with Gasteiger partial charge < -0.3 is 19.5 Å². The summed E-state index contributed by atoms with van der Waals surface area (Å²) in [6.45, 7) is 2.84. The van der Waals surface area contributed by atoms with Gasteiger partial charge >= 0.3 is 0 Å². The van der Waals surface area contributed by atoms with Gasteiger partial charge in [-0.1, -0.05) is 6.07 Å². The molecule has 0 radical (unpaired) electrons. The minimum Gasteiger partial charge on any atom is -0.508 e. The Kier molecular flexibility index (Phi) is 4.36. The summed E-state index contributed by atoms with van der Waals surface area (Å²) in [5.74, 6) is 0.700. The number of likely N-dealkylation sites (tertiary alicyclic amines) is 1. The molecule has 0 saturated carbocycles. The van der Waals surface area contributed by atoms with E-state index in [9.17, 15) is 9.90 Å². The van der Waals surface area contributed by atoms with Crippen molar-refractivity contribution in [1.82, 2.24) is 4.90 Å². The highest BCUT2D eigenvalue weighted by Gasteiger charge is 2.49. The molecule has 1 spiro atoms. The van der Waals surface area contributed by atoms with E-state index in [-0.39, 0.29) is 17.3 Å². The lowest BCUT2D eigenvalue weighted by Crippen LogP contribution is -2.66. The van der Waals surface area contributed by atoms with Crippen molar-refractivity contribution in [2.75, 3.05) is 33.4 Å². The first-order valence-corrected chi connectivity index (χ1v) is 7.83. The lowest BCUT2D eigenvalue weighted by Gasteiger charge is -2.53. The maximum Gasteiger partial charge on any atom is 0.254 e. The summed E-state index contributed by atoms with van der Waals surface area (Å²) in [6.07, 6.45) is 3.13. The molecule has 5 nitrogen and oxygen atoms in total. The molecule has 2 saturated heterocycles. The van der Waals surface area contributed by atoms with Crippen LogP contribution in [0, 0.1) is 5.92 Å². The van der Waals surface area contributed by atoms with Crippen molar-refractivity contribution in [2.24, 2.45) is 5.92 Å². The molecule has 22 heavy (non-hydrogen) atoms. The fourth-order valence-electron chi connectivity index (χ4n) is 3.49. The molecular weight excluding hydrogens is 282 g/mol. The zero-order valence-corrected chi connectivity index (χ0v) is 13.0. The predicted molar refractivity (Wildman–Crippen MR) is 81.9 cm³/mol. The van der Waals surface area contributed by atoms with Crippen LogP contribution in [0.25, 0.3) is 0 Å². The molecule has 2 fully saturated rings. The van der Waals surface area contributed by atoms with Gasteiger partial charge in [-0.25, -0.2) is 0 Å². The zero-order chi connectivity index (χ0) is 15.6. The Morgan fingerprint density at radius 2 is 2.32 bits per heavy atom. The quantitative estimate of drug-likeness (QED) is 0.925. The SMILES string of the molecule is COCC[C@@H]1CCOC2(C1)CN(C(=O)c1cccc(O)c1)C2. The number of nitrogens with zero attached hydrogens (tertiary/aromatic N) is 1. The Morgan fingerprint density at radius 3 is 3.05 bits per heavy atom. The van der Waals surface area contributed by atoms with Gasteiger partial charge in [0.25, 0.3) is 5.91 Å². The number of rotatable bonds is 4. The van der Waals surface area contributed by atoms with E-state index in [2.05, 4.69) is 0 Å². The highest BCUT2D eigenvalue weighted by Crippen LogP contribution is 2.38. The normalized spacial score (nSPS) is 23.3. The molecule has 0 aromatic heterocycles. The summed E-state index contributed by atoms with van der Waals surface area (Å²) < 4.78 is 11.1. The second-order valence-electron chi connectivity index (χ2n) is 6.38. The van der Waals surface area contributed by atoms with Crippen molar-refractivity contribution in [3.05, 3.63) is 29.8 Å². The van der Waals surface area contributed by atoms with E-state index in [0.717, 1.165) is 32.5 Å². The third-order valence-corrected chi connectivity index (χ3v) is 4.66. The number of carbonyl (C=O) groups excluding carboxylic acids is 1. The molecule has 2 heterocycles. The summed E-state index contributed by atoms with van der Waals surface area (Å²) >= 11 is 0. The molecule has 120 valence electrons. The largest absolute Gasteiger partial charge is 0.508 e. The second kappa shape index (κ2) is 6.26. The molecular formula is C17H23NO4. The zero-order valence-electron chi connectivity index (χ0n) is 13.0. The number of aromatic hydroxyl groups is 1. The molecule has 1 aromatic rings. The van der Waals surface area contributed by atoms with E-state index in [1.54, 1.807) is 30.2 Å².